The third kappa shape index (κ3) is 10.8. The van der Waals surface area contributed by atoms with E-state index in [0.717, 1.165) is 37.1 Å². The second-order valence-corrected chi connectivity index (χ2v) is 12.5. The van der Waals surface area contributed by atoms with Crippen molar-refractivity contribution in [2.45, 2.75) is 59.0 Å². The highest BCUT2D eigenvalue weighted by molar-refractivity contribution is 5.85. The molecule has 3 aromatic rings. The van der Waals surface area contributed by atoms with Crippen LogP contribution in [0.25, 0.3) is 0 Å². The third-order valence-corrected chi connectivity index (χ3v) is 8.35. The lowest BCUT2D eigenvalue weighted by atomic mass is 9.96. The number of benzene rings is 3. The Kier molecular flexibility index (Phi) is 15.8. The van der Waals surface area contributed by atoms with Crippen LogP contribution in [0.1, 0.15) is 63.3 Å². The van der Waals surface area contributed by atoms with Gasteiger partial charge in [0, 0.05) is 26.2 Å². The second-order valence-electron chi connectivity index (χ2n) is 12.5. The Morgan fingerprint density at radius 3 is 1.59 bits per heavy atom. The number of carbonyl (C=O) groups excluding carboxylic acids is 1. The molecule has 0 aliphatic carbocycles. The van der Waals surface area contributed by atoms with Gasteiger partial charge in [0.15, 0.2) is 0 Å². The fourth-order valence-corrected chi connectivity index (χ4v) is 5.80. The van der Waals surface area contributed by atoms with Crippen LogP contribution in [0.4, 0.5) is 8.78 Å². The van der Waals surface area contributed by atoms with E-state index in [0.29, 0.717) is 44.4 Å². The van der Waals surface area contributed by atoms with E-state index in [4.69, 9.17) is 0 Å². The number of amides is 1. The van der Waals surface area contributed by atoms with E-state index in [1.165, 1.54) is 29.8 Å². The first-order valence-corrected chi connectivity index (χ1v) is 15.5. The molecule has 0 unspecified atom stereocenters. The molecule has 1 saturated heterocycles. The molecule has 1 atom stereocenters. The maximum absolute atomic E-state index is 14.3. The fourth-order valence-electron chi connectivity index (χ4n) is 5.80. The lowest BCUT2D eigenvalue weighted by Gasteiger charge is -2.42. The molecule has 4 nitrogen and oxygen atoms in total. The molecule has 242 valence electrons. The van der Waals surface area contributed by atoms with Gasteiger partial charge in [0.05, 0.1) is 12.1 Å². The zero-order chi connectivity index (χ0) is 30.1. The first-order valence-electron chi connectivity index (χ1n) is 15.5. The molecule has 3 aromatic carbocycles. The van der Waals surface area contributed by atoms with Gasteiger partial charge in [0.25, 0.3) is 0 Å². The van der Waals surface area contributed by atoms with Gasteiger partial charge in [0.2, 0.25) is 5.91 Å². The zero-order valence-corrected chi connectivity index (χ0v) is 28.1. The van der Waals surface area contributed by atoms with Gasteiger partial charge in [-0.25, -0.2) is 8.78 Å². The average molecular weight is 649 g/mol. The monoisotopic (exact) mass is 647 g/mol. The highest BCUT2D eigenvalue weighted by atomic mass is 35.5. The van der Waals surface area contributed by atoms with Crippen LogP contribution in [-0.2, 0) is 11.2 Å². The minimum atomic E-state index is -0.282. The molecular weight excluding hydrogens is 599 g/mol. The minimum Gasteiger partial charge on any atom is -0.339 e. The average Bonchev–Trinajstić information content (AvgIpc) is 2.98. The van der Waals surface area contributed by atoms with Crippen molar-refractivity contribution in [2.24, 2.45) is 11.8 Å². The number of carbonyl (C=O) groups is 1. The first kappa shape index (κ1) is 37.7. The Morgan fingerprint density at radius 2 is 1.16 bits per heavy atom. The maximum Gasteiger partial charge on any atom is 0.240 e. The highest BCUT2D eigenvalue weighted by Gasteiger charge is 2.34. The van der Waals surface area contributed by atoms with E-state index >= 15 is 0 Å². The van der Waals surface area contributed by atoms with Crippen molar-refractivity contribution in [1.29, 1.82) is 0 Å². The van der Waals surface area contributed by atoms with Crippen molar-refractivity contribution in [2.75, 3.05) is 39.3 Å². The van der Waals surface area contributed by atoms with Gasteiger partial charge in [-0.2, -0.15) is 0 Å². The van der Waals surface area contributed by atoms with Crippen molar-refractivity contribution in [3.63, 3.8) is 0 Å². The van der Waals surface area contributed by atoms with Crippen molar-refractivity contribution < 1.29 is 13.6 Å². The van der Waals surface area contributed by atoms with Gasteiger partial charge in [-0.1, -0.05) is 82.3 Å². The molecule has 44 heavy (non-hydrogen) atoms. The van der Waals surface area contributed by atoms with Crippen LogP contribution < -0.4 is 0 Å². The van der Waals surface area contributed by atoms with Crippen molar-refractivity contribution in [3.05, 3.63) is 107 Å². The predicted octanol–water partition coefficient (Wildman–Crippen LogP) is 8.05. The van der Waals surface area contributed by atoms with Crippen molar-refractivity contribution >= 4 is 30.7 Å². The number of rotatable bonds is 13. The molecule has 4 rings (SSSR count). The van der Waals surface area contributed by atoms with Gasteiger partial charge in [-0.05, 0) is 85.1 Å². The Hall–Kier alpha value is -2.51. The molecule has 0 aromatic heterocycles. The molecule has 1 aliphatic rings. The van der Waals surface area contributed by atoms with Crippen molar-refractivity contribution in [1.82, 2.24) is 14.7 Å². The van der Waals surface area contributed by atoms with Crippen LogP contribution >= 0.6 is 24.8 Å². The Balaban J connectivity index is 0.00000337. The summed E-state index contributed by atoms with van der Waals surface area (Å²) in [6, 6.07) is 23.1. The highest BCUT2D eigenvalue weighted by Crippen LogP contribution is 2.30. The van der Waals surface area contributed by atoms with Crippen LogP contribution in [0.3, 0.4) is 0 Å². The van der Waals surface area contributed by atoms with E-state index in [2.05, 4.69) is 49.6 Å². The Morgan fingerprint density at radius 1 is 0.705 bits per heavy atom. The predicted molar refractivity (Wildman–Crippen MR) is 182 cm³/mol. The second kappa shape index (κ2) is 18.5. The number of piperazine rings is 1. The Labute approximate surface area is 275 Å². The molecule has 0 saturated carbocycles. The third-order valence-electron chi connectivity index (χ3n) is 8.35. The van der Waals surface area contributed by atoms with Crippen LogP contribution in [0.5, 0.6) is 0 Å². The molecule has 0 spiro atoms. The molecule has 1 amide bonds. The molecular formula is C36H49Cl2F2N3O. The summed E-state index contributed by atoms with van der Waals surface area (Å²) < 4.78 is 27.5. The molecule has 1 fully saturated rings. The van der Waals surface area contributed by atoms with E-state index in [1.54, 1.807) is 24.3 Å². The quantitative estimate of drug-likeness (QED) is 0.188. The summed E-state index contributed by atoms with van der Waals surface area (Å²) in [5, 5.41) is 0. The molecule has 1 heterocycles. The van der Waals surface area contributed by atoms with Crippen LogP contribution in [0.2, 0.25) is 0 Å². The summed E-state index contributed by atoms with van der Waals surface area (Å²) in [7, 11) is 0. The van der Waals surface area contributed by atoms with Gasteiger partial charge >= 0.3 is 0 Å². The number of hydrogen-bond acceptors (Lipinski definition) is 3. The number of hydrogen-bond donors (Lipinski definition) is 0. The van der Waals surface area contributed by atoms with E-state index in [9.17, 15) is 13.6 Å². The summed E-state index contributed by atoms with van der Waals surface area (Å²) in [6.45, 7) is 13.4. The van der Waals surface area contributed by atoms with Crippen LogP contribution in [0, 0.1) is 23.5 Å². The van der Waals surface area contributed by atoms with Gasteiger partial charge < -0.3 is 4.90 Å². The van der Waals surface area contributed by atoms with Gasteiger partial charge in [-0.3, -0.25) is 14.6 Å². The van der Waals surface area contributed by atoms with E-state index in [1.807, 2.05) is 23.1 Å². The SMILES string of the molecule is CC(C)CCN(CCC(C)C)[C@@H](Cc1ccccc1)C(=O)N1CCN(C(c2ccc(F)cc2)c2ccc(F)cc2)CC1.Cl.Cl. The summed E-state index contributed by atoms with van der Waals surface area (Å²) in [4.78, 5) is 21.1. The normalized spacial score (nSPS) is 14.5. The van der Waals surface area contributed by atoms with Crippen LogP contribution in [0.15, 0.2) is 78.9 Å². The largest absolute Gasteiger partial charge is 0.339 e. The topological polar surface area (TPSA) is 26.8 Å². The Bertz CT molecular complexity index is 1180. The van der Waals surface area contributed by atoms with Gasteiger partial charge in [-0.15, -0.1) is 24.8 Å². The molecule has 0 N–H and O–H groups in total. The summed E-state index contributed by atoms with van der Waals surface area (Å²) in [5.74, 6) is 0.771. The molecule has 0 bridgehead atoms. The lowest BCUT2D eigenvalue weighted by molar-refractivity contribution is -0.139. The van der Waals surface area contributed by atoms with E-state index < -0.39 is 0 Å². The fraction of sp³-hybridized carbons (Fsp3) is 0.472. The van der Waals surface area contributed by atoms with Crippen LogP contribution in [-0.4, -0.2) is 65.9 Å². The van der Waals surface area contributed by atoms with Gasteiger partial charge in [0.1, 0.15) is 11.6 Å². The summed E-state index contributed by atoms with van der Waals surface area (Å²) >= 11 is 0. The molecule has 8 heteroatoms. The smallest absolute Gasteiger partial charge is 0.240 e. The summed E-state index contributed by atoms with van der Waals surface area (Å²) in [6.07, 6.45) is 2.81. The molecule has 0 radical (unpaired) electrons. The van der Waals surface area contributed by atoms with Crippen molar-refractivity contribution in [3.8, 4) is 0 Å². The maximum atomic E-state index is 14.3. The van der Waals surface area contributed by atoms with E-state index in [-0.39, 0.29) is 54.4 Å². The standard InChI is InChI=1S/C36H47F2N3O.2ClH/c1-27(2)18-20-39(21-19-28(3)4)34(26-29-8-6-5-7-9-29)36(42)41-24-22-40(23-25-41)35(30-10-14-32(37)15-11-30)31-12-16-33(38)17-13-31;;/h5-17,27-28,34-35H,18-26H2,1-4H3;2*1H/t34-;;/m0../s1. The summed E-state index contributed by atoms with van der Waals surface area (Å²) in [5.41, 5.74) is 3.10. The minimum absolute atomic E-state index is 0. The number of nitrogens with zero attached hydrogens (tertiary/aromatic N) is 3. The number of halogens is 4. The molecule has 1 aliphatic heterocycles. The zero-order valence-electron chi connectivity index (χ0n) is 26.5. The first-order chi connectivity index (χ1) is 20.2. The lowest BCUT2D eigenvalue weighted by Crippen LogP contribution is -2.56.